The second kappa shape index (κ2) is 5.77. The van der Waals surface area contributed by atoms with E-state index in [0.29, 0.717) is 0 Å². The number of halogens is 1. The van der Waals surface area contributed by atoms with Crippen LogP contribution < -0.4 is 5.73 Å². The van der Waals surface area contributed by atoms with Gasteiger partial charge in [-0.3, -0.25) is 0 Å². The molecule has 0 radical (unpaired) electrons. The van der Waals surface area contributed by atoms with Crippen molar-refractivity contribution in [1.29, 1.82) is 0 Å². The predicted molar refractivity (Wildman–Crippen MR) is 55.2 cm³/mol. The Hall–Kier alpha value is 0.0100. The van der Waals surface area contributed by atoms with E-state index >= 15 is 0 Å². The van der Waals surface area contributed by atoms with Crippen LogP contribution in [0.4, 0.5) is 0 Å². The van der Waals surface area contributed by atoms with E-state index in [-0.39, 0.29) is 0 Å². The standard InChI is InChI=1S/C8H14IN/c1-3-8(6-9)5-4-7(2)10/h4-5H,3,6,10H2,1-2H3/b7-4+,8-5+. The highest BCUT2D eigenvalue weighted by molar-refractivity contribution is 14.1. The second-order valence-electron chi connectivity index (χ2n) is 2.22. The molecule has 0 aromatic rings. The molecule has 10 heavy (non-hydrogen) atoms. The van der Waals surface area contributed by atoms with Crippen molar-refractivity contribution in [2.45, 2.75) is 20.3 Å². The highest BCUT2D eigenvalue weighted by atomic mass is 127. The molecule has 0 aromatic heterocycles. The lowest BCUT2D eigenvalue weighted by atomic mass is 10.2. The van der Waals surface area contributed by atoms with Crippen molar-refractivity contribution >= 4 is 22.6 Å². The van der Waals surface area contributed by atoms with E-state index in [1.807, 2.05) is 13.0 Å². The van der Waals surface area contributed by atoms with Crippen LogP contribution in [0.1, 0.15) is 20.3 Å². The van der Waals surface area contributed by atoms with E-state index in [9.17, 15) is 0 Å². The van der Waals surface area contributed by atoms with Crippen molar-refractivity contribution in [1.82, 2.24) is 0 Å². The predicted octanol–water partition coefficient (Wildman–Crippen LogP) is 2.62. The van der Waals surface area contributed by atoms with Crippen LogP contribution >= 0.6 is 22.6 Å². The molecule has 0 bridgehead atoms. The molecule has 0 atom stereocenters. The Labute approximate surface area is 76.5 Å². The third-order valence-corrected chi connectivity index (χ3v) is 2.19. The minimum Gasteiger partial charge on any atom is -0.402 e. The Kier molecular flexibility index (Phi) is 5.78. The molecule has 0 saturated carbocycles. The van der Waals surface area contributed by atoms with Crippen LogP contribution in [0, 0.1) is 0 Å². The largest absolute Gasteiger partial charge is 0.402 e. The van der Waals surface area contributed by atoms with Gasteiger partial charge in [-0.15, -0.1) is 0 Å². The minimum absolute atomic E-state index is 0.871. The van der Waals surface area contributed by atoms with Crippen LogP contribution in [-0.2, 0) is 0 Å². The number of hydrogen-bond acceptors (Lipinski definition) is 1. The number of alkyl halides is 1. The van der Waals surface area contributed by atoms with Crippen molar-refractivity contribution < 1.29 is 0 Å². The van der Waals surface area contributed by atoms with Gasteiger partial charge in [-0.05, 0) is 19.4 Å². The van der Waals surface area contributed by atoms with Gasteiger partial charge in [0, 0.05) is 10.1 Å². The lowest BCUT2D eigenvalue weighted by Gasteiger charge is -1.94. The number of rotatable bonds is 3. The molecule has 0 aliphatic rings. The molecule has 0 aliphatic carbocycles. The summed E-state index contributed by atoms with van der Waals surface area (Å²) in [5.74, 6) is 0. The van der Waals surface area contributed by atoms with Gasteiger partial charge in [0.2, 0.25) is 0 Å². The van der Waals surface area contributed by atoms with E-state index in [4.69, 9.17) is 5.73 Å². The summed E-state index contributed by atoms with van der Waals surface area (Å²) in [4.78, 5) is 0. The number of hydrogen-bond donors (Lipinski definition) is 1. The molecule has 0 spiro atoms. The molecule has 0 aliphatic heterocycles. The Balaban J connectivity index is 3.99. The van der Waals surface area contributed by atoms with E-state index in [2.05, 4.69) is 35.6 Å². The smallest absolute Gasteiger partial charge is 0.0208 e. The molecule has 0 unspecified atom stereocenters. The van der Waals surface area contributed by atoms with Crippen molar-refractivity contribution in [3.8, 4) is 0 Å². The monoisotopic (exact) mass is 251 g/mol. The zero-order valence-electron chi connectivity index (χ0n) is 6.52. The first-order chi connectivity index (χ1) is 4.70. The van der Waals surface area contributed by atoms with Gasteiger partial charge in [0.05, 0.1) is 0 Å². The van der Waals surface area contributed by atoms with Gasteiger partial charge in [-0.2, -0.15) is 0 Å². The van der Waals surface area contributed by atoms with Gasteiger partial charge in [0.25, 0.3) is 0 Å². The zero-order valence-corrected chi connectivity index (χ0v) is 8.68. The molecule has 2 N–H and O–H groups in total. The fourth-order valence-electron chi connectivity index (χ4n) is 0.506. The van der Waals surface area contributed by atoms with Crippen LogP contribution in [0.15, 0.2) is 23.4 Å². The van der Waals surface area contributed by atoms with Gasteiger partial charge < -0.3 is 5.73 Å². The van der Waals surface area contributed by atoms with Crippen molar-refractivity contribution in [3.63, 3.8) is 0 Å². The van der Waals surface area contributed by atoms with Gasteiger partial charge >= 0.3 is 0 Å². The summed E-state index contributed by atoms with van der Waals surface area (Å²) in [6.45, 7) is 4.06. The van der Waals surface area contributed by atoms with Crippen molar-refractivity contribution in [2.75, 3.05) is 4.43 Å². The molecule has 1 nitrogen and oxygen atoms in total. The summed E-state index contributed by atoms with van der Waals surface area (Å²) in [7, 11) is 0. The second-order valence-corrected chi connectivity index (χ2v) is 2.99. The first kappa shape index (κ1) is 10.0. The van der Waals surface area contributed by atoms with E-state index < -0.39 is 0 Å². The molecule has 0 saturated heterocycles. The molecule has 2 heteroatoms. The fourth-order valence-corrected chi connectivity index (χ4v) is 1.30. The molecular weight excluding hydrogens is 237 g/mol. The van der Waals surface area contributed by atoms with Gasteiger partial charge in [0.15, 0.2) is 0 Å². The summed E-state index contributed by atoms with van der Waals surface area (Å²) in [5.41, 5.74) is 7.77. The average Bonchev–Trinajstić information content (AvgIpc) is 1.90. The molecule has 0 rings (SSSR count). The number of allylic oxidation sites excluding steroid dienone is 4. The summed E-state index contributed by atoms with van der Waals surface area (Å²) in [6, 6.07) is 0. The molecule has 58 valence electrons. The molecular formula is C8H14IN. The summed E-state index contributed by atoms with van der Waals surface area (Å²) in [5, 5.41) is 0. The molecule has 0 fully saturated rings. The van der Waals surface area contributed by atoms with Crippen LogP contribution in [-0.4, -0.2) is 4.43 Å². The topological polar surface area (TPSA) is 26.0 Å². The maximum atomic E-state index is 5.46. The van der Waals surface area contributed by atoms with Crippen LogP contribution in [0.25, 0.3) is 0 Å². The fraction of sp³-hybridized carbons (Fsp3) is 0.500. The first-order valence-electron chi connectivity index (χ1n) is 3.38. The summed E-state index contributed by atoms with van der Waals surface area (Å²) in [6.07, 6.45) is 5.17. The first-order valence-corrected chi connectivity index (χ1v) is 4.91. The van der Waals surface area contributed by atoms with Gasteiger partial charge in [-0.25, -0.2) is 0 Å². The normalized spacial score (nSPS) is 13.9. The van der Waals surface area contributed by atoms with E-state index in [1.165, 1.54) is 5.57 Å². The lowest BCUT2D eigenvalue weighted by Crippen LogP contribution is -1.89. The van der Waals surface area contributed by atoms with E-state index in [0.717, 1.165) is 16.5 Å². The lowest BCUT2D eigenvalue weighted by molar-refractivity contribution is 1.11. The van der Waals surface area contributed by atoms with Gasteiger partial charge in [-0.1, -0.05) is 41.2 Å². The maximum Gasteiger partial charge on any atom is 0.0208 e. The Morgan fingerprint density at radius 2 is 2.10 bits per heavy atom. The Morgan fingerprint density at radius 1 is 1.50 bits per heavy atom. The van der Waals surface area contributed by atoms with E-state index in [1.54, 1.807) is 0 Å². The van der Waals surface area contributed by atoms with Gasteiger partial charge in [0.1, 0.15) is 0 Å². The third-order valence-electron chi connectivity index (χ3n) is 1.21. The van der Waals surface area contributed by atoms with Crippen LogP contribution in [0.3, 0.4) is 0 Å². The SMILES string of the molecule is CC/C(=C\C=C(/C)N)CI. The maximum absolute atomic E-state index is 5.46. The Bertz CT molecular complexity index is 137. The average molecular weight is 251 g/mol. The summed E-state index contributed by atoms with van der Waals surface area (Å²) < 4.78 is 1.10. The minimum atomic E-state index is 0.871. The molecule has 0 heterocycles. The van der Waals surface area contributed by atoms with Crippen molar-refractivity contribution in [3.05, 3.63) is 23.4 Å². The summed E-state index contributed by atoms with van der Waals surface area (Å²) >= 11 is 2.36. The third kappa shape index (κ3) is 4.85. The highest BCUT2D eigenvalue weighted by Crippen LogP contribution is 2.04. The highest BCUT2D eigenvalue weighted by Gasteiger charge is 1.86. The molecule has 0 amide bonds. The Morgan fingerprint density at radius 3 is 2.40 bits per heavy atom. The quantitative estimate of drug-likeness (QED) is 0.465. The van der Waals surface area contributed by atoms with Crippen molar-refractivity contribution in [2.24, 2.45) is 5.73 Å². The molecule has 0 aromatic carbocycles. The number of nitrogens with two attached hydrogens (primary N) is 1. The zero-order chi connectivity index (χ0) is 7.98. The van der Waals surface area contributed by atoms with Crippen LogP contribution in [0.2, 0.25) is 0 Å². The van der Waals surface area contributed by atoms with Crippen LogP contribution in [0.5, 0.6) is 0 Å².